The van der Waals surface area contributed by atoms with Crippen molar-refractivity contribution in [1.82, 2.24) is 20.0 Å². The number of carbonyl (C=O) groups is 2. The van der Waals surface area contributed by atoms with Crippen molar-refractivity contribution < 1.29 is 14.3 Å². The van der Waals surface area contributed by atoms with Gasteiger partial charge in [0.15, 0.2) is 0 Å². The van der Waals surface area contributed by atoms with Crippen molar-refractivity contribution in [3.8, 4) is 5.75 Å². The number of piperidine rings is 3. The zero-order valence-electron chi connectivity index (χ0n) is 20.7. The van der Waals surface area contributed by atoms with E-state index in [2.05, 4.69) is 10.2 Å². The zero-order chi connectivity index (χ0) is 24.9. The number of urea groups is 1. The van der Waals surface area contributed by atoms with Gasteiger partial charge in [-0.3, -0.25) is 4.79 Å². The average molecular weight is 507 g/mol. The summed E-state index contributed by atoms with van der Waals surface area (Å²) in [6.07, 6.45) is 5.72. The molecule has 0 unspecified atom stereocenters. The molecule has 0 aliphatic carbocycles. The number of likely N-dealkylation sites (tertiary alicyclic amines) is 3. The van der Waals surface area contributed by atoms with E-state index >= 15 is 0 Å². The number of hydrogen-bond donors (Lipinski definition) is 3. The van der Waals surface area contributed by atoms with Crippen LogP contribution in [0.25, 0.3) is 0 Å². The second-order valence-corrected chi connectivity index (χ2v) is 10.6. The van der Waals surface area contributed by atoms with Crippen LogP contribution in [0.2, 0.25) is 5.02 Å². The van der Waals surface area contributed by atoms with Gasteiger partial charge in [-0.05, 0) is 50.5 Å². The molecule has 1 aromatic carbocycles. The molecule has 3 aliphatic heterocycles. The summed E-state index contributed by atoms with van der Waals surface area (Å²) in [5.41, 5.74) is 12.6. The lowest BCUT2D eigenvalue weighted by molar-refractivity contribution is 0.0880. The van der Waals surface area contributed by atoms with Crippen LogP contribution in [0.4, 0.5) is 10.5 Å². The highest BCUT2D eigenvalue weighted by Gasteiger charge is 2.30. The van der Waals surface area contributed by atoms with Crippen molar-refractivity contribution in [3.63, 3.8) is 0 Å². The summed E-state index contributed by atoms with van der Waals surface area (Å²) in [6.45, 7) is 6.21. The molecule has 10 heteroatoms. The predicted octanol–water partition coefficient (Wildman–Crippen LogP) is 2.38. The molecule has 3 aliphatic rings. The fraction of sp³-hybridized carbons (Fsp3) is 0.680. The molecule has 5 N–H and O–H groups in total. The van der Waals surface area contributed by atoms with Crippen molar-refractivity contribution in [1.29, 1.82) is 0 Å². The normalized spacial score (nSPS) is 21.2. The number of amides is 3. The molecule has 3 heterocycles. The van der Waals surface area contributed by atoms with Crippen LogP contribution in [0.1, 0.15) is 48.9 Å². The Bertz CT molecular complexity index is 891. The average Bonchev–Trinajstić information content (AvgIpc) is 2.87. The second kappa shape index (κ2) is 11.7. The number of ether oxygens (including phenoxy) is 1. The first kappa shape index (κ1) is 25.9. The van der Waals surface area contributed by atoms with Gasteiger partial charge in [0.05, 0.1) is 23.4 Å². The molecule has 4 rings (SSSR count). The molecular formula is C25H39ClN6O3. The molecule has 0 saturated carbocycles. The number of hydrogen-bond acceptors (Lipinski definition) is 6. The summed E-state index contributed by atoms with van der Waals surface area (Å²) in [5, 5.41) is 3.48. The third-order valence-corrected chi connectivity index (χ3v) is 8.03. The van der Waals surface area contributed by atoms with Gasteiger partial charge >= 0.3 is 6.03 Å². The van der Waals surface area contributed by atoms with E-state index in [1.54, 1.807) is 12.1 Å². The summed E-state index contributed by atoms with van der Waals surface area (Å²) in [4.78, 5) is 32.1. The molecule has 194 valence electrons. The van der Waals surface area contributed by atoms with E-state index in [-0.39, 0.29) is 24.0 Å². The van der Waals surface area contributed by atoms with Crippen LogP contribution in [0.5, 0.6) is 5.75 Å². The minimum absolute atomic E-state index is 0.122. The maximum atomic E-state index is 12.8. The number of nitrogens with zero attached hydrogens (tertiary/aromatic N) is 3. The predicted molar refractivity (Wildman–Crippen MR) is 138 cm³/mol. The Morgan fingerprint density at radius 1 is 1.00 bits per heavy atom. The maximum absolute atomic E-state index is 12.8. The van der Waals surface area contributed by atoms with Gasteiger partial charge in [0.25, 0.3) is 5.91 Å². The van der Waals surface area contributed by atoms with Gasteiger partial charge in [-0.25, -0.2) is 4.79 Å². The van der Waals surface area contributed by atoms with Crippen molar-refractivity contribution in [2.45, 2.75) is 50.6 Å². The van der Waals surface area contributed by atoms with Crippen LogP contribution in [0.3, 0.4) is 0 Å². The van der Waals surface area contributed by atoms with E-state index in [1.807, 2.05) is 9.80 Å². The van der Waals surface area contributed by atoms with Crippen molar-refractivity contribution in [2.75, 3.05) is 58.7 Å². The Kier molecular flexibility index (Phi) is 8.62. The number of anilines is 1. The fourth-order valence-electron chi connectivity index (χ4n) is 5.40. The monoisotopic (exact) mass is 506 g/mol. The molecule has 1 aromatic rings. The highest BCUT2D eigenvalue weighted by molar-refractivity contribution is 6.33. The first-order valence-corrected chi connectivity index (χ1v) is 13.2. The van der Waals surface area contributed by atoms with E-state index in [9.17, 15) is 9.59 Å². The Balaban J connectivity index is 1.18. The molecule has 0 aromatic heterocycles. The highest BCUT2D eigenvalue weighted by atomic mass is 35.5. The second-order valence-electron chi connectivity index (χ2n) is 10.2. The standard InChI is InChI=1S/C25H39ClN6O3/c1-35-23-15-22(28)21(26)14-20(23)24(33)29-19-6-8-30(9-7-19)16-17-2-10-31(11-3-17)25(34)32-12-4-18(27)5-13-32/h14-15,17-19H,2-13,16,27-28H2,1H3,(H,29,33). The van der Waals surface area contributed by atoms with Crippen LogP contribution >= 0.6 is 11.6 Å². The van der Waals surface area contributed by atoms with E-state index in [0.717, 1.165) is 84.3 Å². The maximum Gasteiger partial charge on any atom is 0.319 e. The van der Waals surface area contributed by atoms with E-state index in [0.29, 0.717) is 27.9 Å². The lowest BCUT2D eigenvalue weighted by atomic mass is 9.94. The third kappa shape index (κ3) is 6.51. The summed E-state index contributed by atoms with van der Waals surface area (Å²) in [7, 11) is 1.52. The third-order valence-electron chi connectivity index (χ3n) is 7.70. The molecule has 0 spiro atoms. The highest BCUT2D eigenvalue weighted by Crippen LogP contribution is 2.29. The molecule has 0 bridgehead atoms. The Morgan fingerprint density at radius 2 is 1.60 bits per heavy atom. The molecular weight excluding hydrogens is 468 g/mol. The molecule has 3 saturated heterocycles. The Labute approximate surface area is 213 Å². The van der Waals surface area contributed by atoms with Gasteiger partial charge in [-0.1, -0.05) is 11.6 Å². The Morgan fingerprint density at radius 3 is 2.20 bits per heavy atom. The fourth-order valence-corrected chi connectivity index (χ4v) is 5.56. The van der Waals surface area contributed by atoms with Crippen LogP contribution in [-0.2, 0) is 0 Å². The van der Waals surface area contributed by atoms with Crippen molar-refractivity contribution in [3.05, 3.63) is 22.7 Å². The van der Waals surface area contributed by atoms with Gasteiger partial charge in [-0.15, -0.1) is 0 Å². The topological polar surface area (TPSA) is 117 Å². The SMILES string of the molecule is COc1cc(N)c(Cl)cc1C(=O)NC1CCN(CC2CCN(C(=O)N3CCC(N)CC3)CC2)CC1. The number of nitrogen functional groups attached to an aromatic ring is 1. The van der Waals surface area contributed by atoms with E-state index in [1.165, 1.54) is 7.11 Å². The smallest absolute Gasteiger partial charge is 0.319 e. The molecule has 3 amide bonds. The number of methoxy groups -OCH3 is 1. The molecule has 0 radical (unpaired) electrons. The quantitative estimate of drug-likeness (QED) is 0.528. The van der Waals surface area contributed by atoms with Gasteiger partial charge < -0.3 is 36.2 Å². The Hall–Kier alpha value is -2.23. The first-order chi connectivity index (χ1) is 16.8. The number of halogens is 1. The van der Waals surface area contributed by atoms with Gasteiger partial charge in [-0.2, -0.15) is 0 Å². The van der Waals surface area contributed by atoms with Gasteiger partial charge in [0, 0.05) is 64.0 Å². The van der Waals surface area contributed by atoms with Crippen LogP contribution in [0, 0.1) is 5.92 Å². The van der Waals surface area contributed by atoms with E-state index < -0.39 is 0 Å². The van der Waals surface area contributed by atoms with Crippen molar-refractivity contribution in [2.24, 2.45) is 11.7 Å². The summed E-state index contributed by atoms with van der Waals surface area (Å²) >= 11 is 6.12. The van der Waals surface area contributed by atoms with E-state index in [4.69, 9.17) is 27.8 Å². The van der Waals surface area contributed by atoms with Crippen LogP contribution in [-0.4, -0.2) is 91.6 Å². The largest absolute Gasteiger partial charge is 0.496 e. The zero-order valence-corrected chi connectivity index (χ0v) is 21.4. The summed E-state index contributed by atoms with van der Waals surface area (Å²) in [6, 6.07) is 3.70. The summed E-state index contributed by atoms with van der Waals surface area (Å²) < 4.78 is 5.31. The lowest BCUT2D eigenvalue weighted by Crippen LogP contribution is -2.51. The van der Waals surface area contributed by atoms with Gasteiger partial charge in [0.2, 0.25) is 0 Å². The number of carbonyl (C=O) groups excluding carboxylic acids is 2. The van der Waals surface area contributed by atoms with Crippen LogP contribution < -0.4 is 21.5 Å². The molecule has 35 heavy (non-hydrogen) atoms. The first-order valence-electron chi connectivity index (χ1n) is 12.8. The minimum Gasteiger partial charge on any atom is -0.496 e. The minimum atomic E-state index is -0.185. The molecule has 0 atom stereocenters. The summed E-state index contributed by atoms with van der Waals surface area (Å²) in [5.74, 6) is 0.853. The van der Waals surface area contributed by atoms with Crippen LogP contribution in [0.15, 0.2) is 12.1 Å². The lowest BCUT2D eigenvalue weighted by Gasteiger charge is -2.40. The number of benzene rings is 1. The number of rotatable bonds is 5. The van der Waals surface area contributed by atoms with Gasteiger partial charge in [0.1, 0.15) is 5.75 Å². The van der Waals surface area contributed by atoms with Crippen molar-refractivity contribution >= 4 is 29.2 Å². The molecule has 3 fully saturated rings. The number of nitrogens with one attached hydrogen (secondary N) is 1. The molecule has 9 nitrogen and oxygen atoms in total. The number of nitrogens with two attached hydrogens (primary N) is 2.